The molecule has 0 radical (unpaired) electrons. The summed E-state index contributed by atoms with van der Waals surface area (Å²) in [6, 6.07) is 5.55. The Morgan fingerprint density at radius 1 is 1.41 bits per heavy atom. The second-order valence-corrected chi connectivity index (χ2v) is 4.45. The molecule has 1 aliphatic rings. The summed E-state index contributed by atoms with van der Waals surface area (Å²) < 4.78 is 11.2. The third kappa shape index (κ3) is 3.07. The molecule has 1 atom stereocenters. The largest absolute Gasteiger partial charge is 0.465 e. The number of carbonyl (C=O) groups is 1. The zero-order valence-corrected chi connectivity index (χ0v) is 10.4. The zero-order valence-electron chi connectivity index (χ0n) is 10.4. The smallest absolute Gasteiger partial charge is 0.199 e. The third-order valence-electron chi connectivity index (χ3n) is 2.98. The molecule has 1 aromatic carbocycles. The minimum Gasteiger partial charge on any atom is -0.465 e. The molecule has 0 amide bonds. The molecule has 17 heavy (non-hydrogen) atoms. The summed E-state index contributed by atoms with van der Waals surface area (Å²) in [7, 11) is 0. The Labute approximate surface area is 102 Å². The van der Waals surface area contributed by atoms with Crippen LogP contribution in [-0.4, -0.2) is 18.7 Å². The second-order valence-electron chi connectivity index (χ2n) is 4.45. The fourth-order valence-corrected chi connectivity index (χ4v) is 2.06. The van der Waals surface area contributed by atoms with Crippen molar-refractivity contribution in [1.29, 1.82) is 0 Å². The van der Waals surface area contributed by atoms with Gasteiger partial charge >= 0.3 is 0 Å². The van der Waals surface area contributed by atoms with Crippen LogP contribution in [0.5, 0.6) is 5.75 Å². The highest BCUT2D eigenvalue weighted by Crippen LogP contribution is 2.22. The first-order valence-electron chi connectivity index (χ1n) is 6.06. The highest BCUT2D eigenvalue weighted by atomic mass is 16.7. The second kappa shape index (κ2) is 5.32. The molecule has 1 fully saturated rings. The molecule has 1 heterocycles. The fraction of sp³-hybridized carbons (Fsp3) is 0.500. The van der Waals surface area contributed by atoms with E-state index in [0.717, 1.165) is 42.7 Å². The van der Waals surface area contributed by atoms with E-state index in [1.165, 1.54) is 0 Å². The van der Waals surface area contributed by atoms with Gasteiger partial charge in [0, 0.05) is 12.0 Å². The fourth-order valence-electron chi connectivity index (χ4n) is 2.06. The van der Waals surface area contributed by atoms with Crippen LogP contribution >= 0.6 is 0 Å². The predicted molar refractivity (Wildman–Crippen MR) is 65.4 cm³/mol. The standard InChI is InChI=1S/C14H18O3/c1-10-9-12(6-7-13(10)11(2)15)17-14-5-3-4-8-16-14/h6-7,9,14H,3-5,8H2,1-2H3. The highest BCUT2D eigenvalue weighted by Gasteiger charge is 2.15. The van der Waals surface area contributed by atoms with Gasteiger partial charge in [0.1, 0.15) is 5.75 Å². The van der Waals surface area contributed by atoms with E-state index in [1.54, 1.807) is 6.92 Å². The summed E-state index contributed by atoms with van der Waals surface area (Å²) in [4.78, 5) is 11.3. The molecule has 0 bridgehead atoms. The Morgan fingerprint density at radius 2 is 2.24 bits per heavy atom. The number of hydrogen-bond donors (Lipinski definition) is 0. The zero-order chi connectivity index (χ0) is 12.3. The average molecular weight is 234 g/mol. The van der Waals surface area contributed by atoms with Gasteiger partial charge in [0.15, 0.2) is 12.1 Å². The Kier molecular flexibility index (Phi) is 3.79. The summed E-state index contributed by atoms with van der Waals surface area (Å²) in [6.45, 7) is 4.27. The van der Waals surface area contributed by atoms with Crippen molar-refractivity contribution in [3.05, 3.63) is 29.3 Å². The summed E-state index contributed by atoms with van der Waals surface area (Å²) in [5, 5.41) is 0. The Bertz CT molecular complexity index is 406. The first-order chi connectivity index (χ1) is 8.16. The average Bonchev–Trinajstić information content (AvgIpc) is 2.30. The SMILES string of the molecule is CC(=O)c1ccc(OC2CCCCO2)cc1C. The Balaban J connectivity index is 2.06. The van der Waals surface area contributed by atoms with Crippen LogP contribution in [0, 0.1) is 6.92 Å². The van der Waals surface area contributed by atoms with Gasteiger partial charge in [-0.25, -0.2) is 0 Å². The van der Waals surface area contributed by atoms with E-state index in [0.29, 0.717) is 0 Å². The Morgan fingerprint density at radius 3 is 2.82 bits per heavy atom. The number of ketones is 1. The molecule has 1 aliphatic heterocycles. The summed E-state index contributed by atoms with van der Waals surface area (Å²) in [5.74, 6) is 0.863. The van der Waals surface area contributed by atoms with Crippen LogP contribution in [0.15, 0.2) is 18.2 Å². The monoisotopic (exact) mass is 234 g/mol. The topological polar surface area (TPSA) is 35.5 Å². The van der Waals surface area contributed by atoms with Crippen molar-refractivity contribution in [2.24, 2.45) is 0 Å². The maximum Gasteiger partial charge on any atom is 0.199 e. The van der Waals surface area contributed by atoms with E-state index in [-0.39, 0.29) is 12.1 Å². The van der Waals surface area contributed by atoms with Crippen molar-refractivity contribution >= 4 is 5.78 Å². The van der Waals surface area contributed by atoms with E-state index in [9.17, 15) is 4.79 Å². The molecule has 0 spiro atoms. The van der Waals surface area contributed by atoms with Crippen molar-refractivity contribution < 1.29 is 14.3 Å². The van der Waals surface area contributed by atoms with Gasteiger partial charge in [-0.05, 0) is 50.5 Å². The van der Waals surface area contributed by atoms with E-state index >= 15 is 0 Å². The molecule has 3 nitrogen and oxygen atoms in total. The van der Waals surface area contributed by atoms with Crippen LogP contribution in [0.4, 0.5) is 0 Å². The molecule has 1 unspecified atom stereocenters. The van der Waals surface area contributed by atoms with Crippen molar-refractivity contribution in [3.8, 4) is 5.75 Å². The van der Waals surface area contributed by atoms with Crippen molar-refractivity contribution in [3.63, 3.8) is 0 Å². The molecule has 92 valence electrons. The van der Waals surface area contributed by atoms with E-state index < -0.39 is 0 Å². The Hall–Kier alpha value is -1.35. The minimum atomic E-state index is -0.133. The van der Waals surface area contributed by atoms with E-state index in [1.807, 2.05) is 25.1 Å². The molecule has 0 N–H and O–H groups in total. The van der Waals surface area contributed by atoms with Gasteiger partial charge in [0.05, 0.1) is 6.61 Å². The molecular weight excluding hydrogens is 216 g/mol. The molecule has 2 rings (SSSR count). The molecule has 3 heteroatoms. The molecular formula is C14H18O3. The predicted octanol–water partition coefficient (Wildman–Crippen LogP) is 3.10. The van der Waals surface area contributed by atoms with Crippen molar-refractivity contribution in [2.45, 2.75) is 39.4 Å². The van der Waals surface area contributed by atoms with Crippen molar-refractivity contribution in [1.82, 2.24) is 0 Å². The summed E-state index contributed by atoms with van der Waals surface area (Å²) in [5.41, 5.74) is 1.70. The third-order valence-corrected chi connectivity index (χ3v) is 2.98. The van der Waals surface area contributed by atoms with Gasteiger partial charge in [-0.3, -0.25) is 4.79 Å². The summed E-state index contributed by atoms with van der Waals surface area (Å²) in [6.07, 6.45) is 3.07. The molecule has 1 aromatic rings. The number of ether oxygens (including phenoxy) is 2. The first-order valence-corrected chi connectivity index (χ1v) is 6.06. The number of Topliss-reactive ketones (excluding diaryl/α,β-unsaturated/α-hetero) is 1. The first kappa shape index (κ1) is 12.1. The van der Waals surface area contributed by atoms with Gasteiger partial charge in [0.25, 0.3) is 0 Å². The molecule has 1 saturated heterocycles. The molecule has 0 aromatic heterocycles. The van der Waals surface area contributed by atoms with E-state index in [2.05, 4.69) is 0 Å². The van der Waals surface area contributed by atoms with Crippen molar-refractivity contribution in [2.75, 3.05) is 6.61 Å². The summed E-state index contributed by atoms with van der Waals surface area (Å²) >= 11 is 0. The molecule has 0 saturated carbocycles. The number of carbonyl (C=O) groups excluding carboxylic acids is 1. The van der Waals surface area contributed by atoms with Gasteiger partial charge in [-0.15, -0.1) is 0 Å². The van der Waals surface area contributed by atoms with Crippen LogP contribution in [0.3, 0.4) is 0 Å². The van der Waals surface area contributed by atoms with Crippen LogP contribution in [0.25, 0.3) is 0 Å². The number of hydrogen-bond acceptors (Lipinski definition) is 3. The van der Waals surface area contributed by atoms with E-state index in [4.69, 9.17) is 9.47 Å². The van der Waals surface area contributed by atoms with Crippen LogP contribution in [0.1, 0.15) is 42.1 Å². The lowest BCUT2D eigenvalue weighted by Gasteiger charge is -2.23. The van der Waals surface area contributed by atoms with Crippen LogP contribution in [-0.2, 0) is 4.74 Å². The lowest BCUT2D eigenvalue weighted by molar-refractivity contribution is -0.105. The number of aryl methyl sites for hydroxylation is 1. The van der Waals surface area contributed by atoms with Gasteiger partial charge in [-0.2, -0.15) is 0 Å². The number of rotatable bonds is 3. The number of benzene rings is 1. The van der Waals surface area contributed by atoms with Crippen LogP contribution in [0.2, 0.25) is 0 Å². The maximum absolute atomic E-state index is 11.3. The lowest BCUT2D eigenvalue weighted by Crippen LogP contribution is -2.25. The van der Waals surface area contributed by atoms with Gasteiger partial charge in [0.2, 0.25) is 0 Å². The lowest BCUT2D eigenvalue weighted by atomic mass is 10.1. The van der Waals surface area contributed by atoms with Gasteiger partial charge in [-0.1, -0.05) is 0 Å². The van der Waals surface area contributed by atoms with Crippen LogP contribution < -0.4 is 4.74 Å². The molecule has 0 aliphatic carbocycles. The normalized spacial score (nSPS) is 20.0. The quantitative estimate of drug-likeness (QED) is 0.754. The van der Waals surface area contributed by atoms with Gasteiger partial charge < -0.3 is 9.47 Å². The highest BCUT2D eigenvalue weighted by molar-refractivity contribution is 5.95. The maximum atomic E-state index is 11.3. The minimum absolute atomic E-state index is 0.0861.